The molecule has 4 rings (SSSR count). The normalized spacial score (nSPS) is 14.0. The number of thiophene rings is 1. The third-order valence-corrected chi connectivity index (χ3v) is 7.17. The maximum Gasteiger partial charge on any atom is 0.341 e. The zero-order chi connectivity index (χ0) is 23.9. The Morgan fingerprint density at radius 2 is 1.82 bits per heavy atom. The molecule has 34 heavy (non-hydrogen) atoms. The molecule has 1 aromatic heterocycles. The molecule has 6 nitrogen and oxygen atoms in total. The second-order valence-corrected chi connectivity index (χ2v) is 9.42. The van der Waals surface area contributed by atoms with Crippen molar-refractivity contribution in [2.45, 2.75) is 13.5 Å². The van der Waals surface area contributed by atoms with Crippen LogP contribution in [0.5, 0.6) is 5.75 Å². The molecular weight excluding hydrogens is 466 g/mol. The third kappa shape index (κ3) is 5.94. The van der Waals surface area contributed by atoms with E-state index in [4.69, 9.17) is 21.7 Å². The van der Waals surface area contributed by atoms with Crippen LogP contribution in [0.1, 0.15) is 22.8 Å². The first kappa shape index (κ1) is 24.2. The number of carbonyl (C=O) groups is 1. The first-order valence-corrected chi connectivity index (χ1v) is 12.6. The Hall–Kier alpha value is -2.94. The molecule has 178 valence electrons. The fourth-order valence-electron chi connectivity index (χ4n) is 3.90. The number of hydrogen-bond acceptors (Lipinski definition) is 6. The monoisotopic (exact) mass is 495 g/mol. The number of rotatable bonds is 7. The molecule has 0 amide bonds. The number of thiocarbonyl (C=S) groups is 1. The minimum atomic E-state index is -0.339. The highest BCUT2D eigenvalue weighted by Crippen LogP contribution is 2.36. The molecule has 3 aromatic rings. The Bertz CT molecular complexity index is 1130. The van der Waals surface area contributed by atoms with Gasteiger partial charge in [0.15, 0.2) is 5.11 Å². The van der Waals surface area contributed by atoms with E-state index >= 15 is 0 Å². The maximum atomic E-state index is 12.6. The van der Waals surface area contributed by atoms with Crippen molar-refractivity contribution in [3.8, 4) is 16.2 Å². The summed E-state index contributed by atoms with van der Waals surface area (Å²) in [5.41, 5.74) is 2.81. The zero-order valence-electron chi connectivity index (χ0n) is 19.5. The lowest BCUT2D eigenvalue weighted by molar-refractivity contribution is 0.0528. The van der Waals surface area contributed by atoms with E-state index in [0.29, 0.717) is 17.3 Å². The van der Waals surface area contributed by atoms with Crippen molar-refractivity contribution in [3.05, 3.63) is 71.8 Å². The van der Waals surface area contributed by atoms with E-state index in [0.717, 1.165) is 53.9 Å². The van der Waals surface area contributed by atoms with Crippen molar-refractivity contribution in [2.24, 2.45) is 0 Å². The minimum Gasteiger partial charge on any atom is -0.497 e. The highest BCUT2D eigenvalue weighted by Gasteiger charge is 2.23. The van der Waals surface area contributed by atoms with Crippen molar-refractivity contribution in [1.29, 1.82) is 0 Å². The molecule has 0 saturated carbocycles. The lowest BCUT2D eigenvalue weighted by atomic mass is 10.1. The van der Waals surface area contributed by atoms with E-state index in [9.17, 15) is 4.79 Å². The van der Waals surface area contributed by atoms with Crippen LogP contribution in [0.2, 0.25) is 0 Å². The molecule has 2 heterocycles. The molecule has 0 aliphatic carbocycles. The summed E-state index contributed by atoms with van der Waals surface area (Å²) in [6, 6.07) is 20.1. The maximum absolute atomic E-state index is 12.6. The van der Waals surface area contributed by atoms with Crippen LogP contribution in [0.4, 0.5) is 5.00 Å². The summed E-state index contributed by atoms with van der Waals surface area (Å²) in [7, 11) is 1.69. The van der Waals surface area contributed by atoms with Gasteiger partial charge in [0.2, 0.25) is 0 Å². The van der Waals surface area contributed by atoms with Crippen molar-refractivity contribution in [1.82, 2.24) is 9.80 Å². The second kappa shape index (κ2) is 11.5. The Morgan fingerprint density at radius 3 is 2.53 bits per heavy atom. The lowest BCUT2D eigenvalue weighted by Gasteiger charge is -2.36. The molecule has 1 fully saturated rings. The summed E-state index contributed by atoms with van der Waals surface area (Å²) in [5, 5.41) is 4.69. The van der Waals surface area contributed by atoms with Gasteiger partial charge >= 0.3 is 5.97 Å². The highest BCUT2D eigenvalue weighted by molar-refractivity contribution is 7.80. The van der Waals surface area contributed by atoms with Crippen LogP contribution >= 0.6 is 23.6 Å². The van der Waals surface area contributed by atoms with Crippen LogP contribution in [0.15, 0.2) is 60.7 Å². The quantitative estimate of drug-likeness (QED) is 0.361. The number of hydrogen-bond donors (Lipinski definition) is 1. The summed E-state index contributed by atoms with van der Waals surface area (Å²) in [6.45, 7) is 6.47. The molecule has 0 radical (unpaired) electrons. The van der Waals surface area contributed by atoms with Crippen molar-refractivity contribution in [2.75, 3.05) is 45.2 Å². The molecule has 1 aliphatic heterocycles. The van der Waals surface area contributed by atoms with Crippen molar-refractivity contribution in [3.63, 3.8) is 0 Å². The van der Waals surface area contributed by atoms with E-state index in [-0.39, 0.29) is 5.97 Å². The topological polar surface area (TPSA) is 54.0 Å². The summed E-state index contributed by atoms with van der Waals surface area (Å²) in [4.78, 5) is 18.2. The summed E-state index contributed by atoms with van der Waals surface area (Å²) in [5.74, 6) is 0.541. The van der Waals surface area contributed by atoms with Gasteiger partial charge in [0.05, 0.1) is 19.3 Å². The van der Waals surface area contributed by atoms with Gasteiger partial charge in [-0.25, -0.2) is 4.79 Å². The van der Waals surface area contributed by atoms with Gasteiger partial charge in [-0.2, -0.15) is 0 Å². The molecule has 8 heteroatoms. The lowest BCUT2D eigenvalue weighted by Crippen LogP contribution is -2.49. The summed E-state index contributed by atoms with van der Waals surface area (Å²) >= 11 is 7.24. The van der Waals surface area contributed by atoms with Crippen LogP contribution < -0.4 is 10.1 Å². The van der Waals surface area contributed by atoms with Crippen LogP contribution in [0.25, 0.3) is 10.4 Å². The van der Waals surface area contributed by atoms with Gasteiger partial charge < -0.3 is 19.7 Å². The number of anilines is 1. The second-order valence-electron chi connectivity index (χ2n) is 7.98. The van der Waals surface area contributed by atoms with Crippen molar-refractivity contribution >= 4 is 39.6 Å². The largest absolute Gasteiger partial charge is 0.497 e. The SMILES string of the molecule is CCOC(=O)c1cc(-c2ccccc2)sc1NC(=S)N1CCN(Cc2cccc(OC)c2)CC1. The van der Waals surface area contributed by atoms with Crippen LogP contribution in [0, 0.1) is 0 Å². The minimum absolute atomic E-state index is 0.328. The molecule has 1 N–H and O–H groups in total. The number of methoxy groups -OCH3 is 1. The van der Waals surface area contributed by atoms with Gasteiger partial charge in [0, 0.05) is 37.6 Å². The van der Waals surface area contributed by atoms with E-state index in [1.807, 2.05) is 55.5 Å². The predicted octanol–water partition coefficient (Wildman–Crippen LogP) is 5.12. The molecule has 0 spiro atoms. The van der Waals surface area contributed by atoms with Gasteiger partial charge in [0.25, 0.3) is 0 Å². The van der Waals surface area contributed by atoms with Crippen LogP contribution in [-0.4, -0.2) is 60.8 Å². The van der Waals surface area contributed by atoms with E-state index in [1.54, 1.807) is 7.11 Å². The average molecular weight is 496 g/mol. The molecule has 2 aromatic carbocycles. The molecule has 1 saturated heterocycles. The first-order chi connectivity index (χ1) is 16.6. The Morgan fingerprint density at radius 1 is 1.06 bits per heavy atom. The number of nitrogens with one attached hydrogen (secondary N) is 1. The molecule has 0 unspecified atom stereocenters. The Kier molecular flexibility index (Phi) is 8.16. The summed E-state index contributed by atoms with van der Waals surface area (Å²) in [6.07, 6.45) is 0. The molecule has 0 atom stereocenters. The van der Waals surface area contributed by atoms with E-state index in [1.165, 1.54) is 16.9 Å². The fourth-order valence-corrected chi connectivity index (χ4v) is 5.30. The predicted molar refractivity (Wildman–Crippen MR) is 142 cm³/mol. The zero-order valence-corrected chi connectivity index (χ0v) is 21.1. The fraction of sp³-hybridized carbons (Fsp3) is 0.308. The average Bonchev–Trinajstić information content (AvgIpc) is 3.29. The van der Waals surface area contributed by atoms with Gasteiger partial charge in [-0.1, -0.05) is 42.5 Å². The van der Waals surface area contributed by atoms with Gasteiger partial charge in [-0.15, -0.1) is 11.3 Å². The number of esters is 1. The Balaban J connectivity index is 1.40. The van der Waals surface area contributed by atoms with E-state index in [2.05, 4.69) is 27.2 Å². The molecule has 1 aliphatic rings. The van der Waals surface area contributed by atoms with Crippen LogP contribution in [-0.2, 0) is 11.3 Å². The standard InChI is InChI=1S/C26H29N3O3S2/c1-3-32-25(30)22-17-23(20-9-5-4-6-10-20)34-24(22)27-26(33)29-14-12-28(13-15-29)18-19-8-7-11-21(16-19)31-2/h4-11,16-17H,3,12-15,18H2,1-2H3,(H,27,33). The Labute approximate surface area is 210 Å². The number of nitrogens with zero attached hydrogens (tertiary/aromatic N) is 2. The highest BCUT2D eigenvalue weighted by atomic mass is 32.1. The van der Waals surface area contributed by atoms with Crippen molar-refractivity contribution < 1.29 is 14.3 Å². The van der Waals surface area contributed by atoms with Crippen LogP contribution in [0.3, 0.4) is 0 Å². The third-order valence-electron chi connectivity index (χ3n) is 5.71. The number of piperazine rings is 1. The summed E-state index contributed by atoms with van der Waals surface area (Å²) < 4.78 is 10.6. The number of benzene rings is 2. The van der Waals surface area contributed by atoms with Gasteiger partial charge in [0.1, 0.15) is 10.8 Å². The van der Waals surface area contributed by atoms with Gasteiger partial charge in [-0.3, -0.25) is 4.90 Å². The smallest absolute Gasteiger partial charge is 0.341 e. The first-order valence-electron chi connectivity index (χ1n) is 11.3. The number of ether oxygens (including phenoxy) is 2. The molecule has 0 bridgehead atoms. The van der Waals surface area contributed by atoms with E-state index < -0.39 is 0 Å². The molecular formula is C26H29N3O3S2. The van der Waals surface area contributed by atoms with Gasteiger partial charge in [-0.05, 0) is 48.5 Å². The number of carbonyl (C=O) groups excluding carboxylic acids is 1.